The number of benzene rings is 1. The van der Waals surface area contributed by atoms with E-state index in [0.29, 0.717) is 16.5 Å². The van der Waals surface area contributed by atoms with E-state index in [1.54, 1.807) is 24.3 Å². The van der Waals surface area contributed by atoms with Crippen molar-refractivity contribution in [1.29, 1.82) is 0 Å². The average Bonchev–Trinajstić information content (AvgIpc) is 2.77. The molecule has 1 N–H and O–H groups in total. The summed E-state index contributed by atoms with van der Waals surface area (Å²) in [6.45, 7) is 1.71. The van der Waals surface area contributed by atoms with Gasteiger partial charge < -0.3 is 10.0 Å². The van der Waals surface area contributed by atoms with Crippen LogP contribution in [0.15, 0.2) is 24.3 Å². The van der Waals surface area contributed by atoms with E-state index in [0.717, 1.165) is 25.9 Å². The van der Waals surface area contributed by atoms with Crippen LogP contribution in [0.3, 0.4) is 0 Å². The van der Waals surface area contributed by atoms with Gasteiger partial charge in [-0.2, -0.15) is 0 Å². The minimum atomic E-state index is 0.0351. The van der Waals surface area contributed by atoms with Gasteiger partial charge in [-0.3, -0.25) is 4.79 Å². The number of nitrogens with zero attached hydrogens (tertiary/aromatic N) is 1. The second-order valence-electron chi connectivity index (χ2n) is 4.43. The number of aliphatic hydroxyl groups excluding tert-OH is 1. The summed E-state index contributed by atoms with van der Waals surface area (Å²) in [5, 5.41) is 9.47. The molecular formula is C13H16ClNO2. The van der Waals surface area contributed by atoms with Crippen LogP contribution in [0.25, 0.3) is 0 Å². The number of hydrogen-bond acceptors (Lipinski definition) is 2. The molecule has 1 aromatic rings. The molecule has 0 saturated carbocycles. The molecule has 0 bridgehead atoms. The molecule has 1 unspecified atom stereocenters. The Labute approximate surface area is 106 Å². The van der Waals surface area contributed by atoms with Crippen LogP contribution < -0.4 is 0 Å². The maximum atomic E-state index is 12.2. The lowest BCUT2D eigenvalue weighted by molar-refractivity contribution is 0.0785. The Morgan fingerprint density at radius 1 is 1.53 bits per heavy atom. The monoisotopic (exact) mass is 253 g/mol. The first kappa shape index (κ1) is 12.4. The Balaban J connectivity index is 2.02. The van der Waals surface area contributed by atoms with E-state index in [1.807, 2.05) is 4.90 Å². The van der Waals surface area contributed by atoms with Crippen molar-refractivity contribution in [2.45, 2.75) is 12.8 Å². The van der Waals surface area contributed by atoms with Gasteiger partial charge in [-0.1, -0.05) is 17.7 Å². The highest BCUT2D eigenvalue weighted by Gasteiger charge is 2.26. The first-order valence-electron chi connectivity index (χ1n) is 5.86. The normalized spacial score (nSPS) is 19.6. The summed E-state index contributed by atoms with van der Waals surface area (Å²) in [7, 11) is 0. The second kappa shape index (κ2) is 5.52. The second-order valence-corrected chi connectivity index (χ2v) is 4.86. The molecule has 1 aliphatic rings. The Bertz CT molecular complexity index is 408. The van der Waals surface area contributed by atoms with E-state index in [2.05, 4.69) is 0 Å². The fourth-order valence-corrected chi connectivity index (χ4v) is 2.43. The summed E-state index contributed by atoms with van der Waals surface area (Å²) in [6, 6.07) is 7.03. The van der Waals surface area contributed by atoms with Gasteiger partial charge in [-0.15, -0.1) is 0 Å². The summed E-state index contributed by atoms with van der Waals surface area (Å²) in [5.74, 6) is 0.469. The molecule has 1 amide bonds. The summed E-state index contributed by atoms with van der Waals surface area (Å²) in [6.07, 6.45) is 1.76. The van der Waals surface area contributed by atoms with Gasteiger partial charge in [0.2, 0.25) is 0 Å². The van der Waals surface area contributed by atoms with Gasteiger partial charge in [0, 0.05) is 30.3 Å². The van der Waals surface area contributed by atoms with Crippen LogP contribution in [0, 0.1) is 5.92 Å². The average molecular weight is 254 g/mol. The van der Waals surface area contributed by atoms with Crippen LogP contribution in [0.1, 0.15) is 23.2 Å². The number of likely N-dealkylation sites (tertiary alicyclic amines) is 1. The third-order valence-corrected chi connectivity index (χ3v) is 3.42. The molecule has 1 atom stereocenters. The predicted molar refractivity (Wildman–Crippen MR) is 67.2 cm³/mol. The molecule has 0 spiro atoms. The quantitative estimate of drug-likeness (QED) is 0.897. The number of halogens is 1. The van der Waals surface area contributed by atoms with Crippen molar-refractivity contribution >= 4 is 17.5 Å². The molecule has 1 fully saturated rings. The third-order valence-electron chi connectivity index (χ3n) is 3.18. The molecule has 2 rings (SSSR count). The molecule has 1 aromatic carbocycles. The van der Waals surface area contributed by atoms with E-state index < -0.39 is 0 Å². The van der Waals surface area contributed by atoms with E-state index >= 15 is 0 Å². The number of carbonyl (C=O) groups excluding carboxylic acids is 1. The molecule has 1 aliphatic heterocycles. The molecule has 1 saturated heterocycles. The molecule has 17 heavy (non-hydrogen) atoms. The highest BCUT2D eigenvalue weighted by Crippen LogP contribution is 2.22. The SMILES string of the molecule is O=C(c1cccc(Cl)c1)N1CCC(CCO)C1. The Morgan fingerprint density at radius 2 is 2.35 bits per heavy atom. The molecule has 92 valence electrons. The minimum Gasteiger partial charge on any atom is -0.396 e. The molecule has 3 nitrogen and oxygen atoms in total. The highest BCUT2D eigenvalue weighted by atomic mass is 35.5. The Morgan fingerprint density at radius 3 is 3.06 bits per heavy atom. The van der Waals surface area contributed by atoms with Crippen molar-refractivity contribution in [3.05, 3.63) is 34.9 Å². The van der Waals surface area contributed by atoms with Crippen LogP contribution in [-0.2, 0) is 0 Å². The largest absolute Gasteiger partial charge is 0.396 e. The van der Waals surface area contributed by atoms with Crippen molar-refractivity contribution in [2.24, 2.45) is 5.92 Å². The molecule has 0 radical (unpaired) electrons. The predicted octanol–water partition coefficient (Wildman–Crippen LogP) is 2.18. The van der Waals surface area contributed by atoms with Gasteiger partial charge in [-0.25, -0.2) is 0 Å². The lowest BCUT2D eigenvalue weighted by Crippen LogP contribution is -2.28. The van der Waals surface area contributed by atoms with Crippen LogP contribution >= 0.6 is 11.6 Å². The first-order valence-corrected chi connectivity index (χ1v) is 6.24. The van der Waals surface area contributed by atoms with Crippen molar-refractivity contribution < 1.29 is 9.90 Å². The van der Waals surface area contributed by atoms with E-state index in [9.17, 15) is 4.79 Å². The van der Waals surface area contributed by atoms with Crippen LogP contribution in [-0.4, -0.2) is 35.6 Å². The van der Waals surface area contributed by atoms with Crippen molar-refractivity contribution in [3.63, 3.8) is 0 Å². The molecule has 4 heteroatoms. The van der Waals surface area contributed by atoms with Gasteiger partial charge in [0.05, 0.1) is 0 Å². The Kier molecular flexibility index (Phi) is 4.02. The third kappa shape index (κ3) is 2.99. The summed E-state index contributed by atoms with van der Waals surface area (Å²) in [4.78, 5) is 14.0. The fourth-order valence-electron chi connectivity index (χ4n) is 2.24. The van der Waals surface area contributed by atoms with E-state index in [4.69, 9.17) is 16.7 Å². The highest BCUT2D eigenvalue weighted by molar-refractivity contribution is 6.30. The number of hydrogen-bond donors (Lipinski definition) is 1. The smallest absolute Gasteiger partial charge is 0.253 e. The van der Waals surface area contributed by atoms with Crippen LogP contribution in [0.5, 0.6) is 0 Å². The van der Waals surface area contributed by atoms with Crippen LogP contribution in [0.2, 0.25) is 5.02 Å². The topological polar surface area (TPSA) is 40.5 Å². The lowest BCUT2D eigenvalue weighted by atomic mass is 10.1. The lowest BCUT2D eigenvalue weighted by Gasteiger charge is -2.16. The molecule has 1 heterocycles. The number of aliphatic hydroxyl groups is 1. The molecule has 0 aliphatic carbocycles. The zero-order chi connectivity index (χ0) is 12.3. The zero-order valence-corrected chi connectivity index (χ0v) is 10.4. The van der Waals surface area contributed by atoms with Crippen molar-refractivity contribution in [1.82, 2.24) is 4.90 Å². The van der Waals surface area contributed by atoms with Gasteiger partial charge >= 0.3 is 0 Å². The summed E-state index contributed by atoms with van der Waals surface area (Å²) >= 11 is 5.87. The van der Waals surface area contributed by atoms with Crippen molar-refractivity contribution in [3.8, 4) is 0 Å². The first-order chi connectivity index (χ1) is 8.20. The fraction of sp³-hybridized carbons (Fsp3) is 0.462. The standard InChI is InChI=1S/C13H16ClNO2/c14-12-3-1-2-11(8-12)13(17)15-6-4-10(9-15)5-7-16/h1-3,8,10,16H,4-7,9H2. The number of rotatable bonds is 3. The van der Waals surface area contributed by atoms with Gasteiger partial charge in [0.1, 0.15) is 0 Å². The van der Waals surface area contributed by atoms with Gasteiger partial charge in [0.25, 0.3) is 5.91 Å². The van der Waals surface area contributed by atoms with Gasteiger partial charge in [-0.05, 0) is 37.0 Å². The molecular weight excluding hydrogens is 238 g/mol. The van der Waals surface area contributed by atoms with Crippen LogP contribution in [0.4, 0.5) is 0 Å². The Hall–Kier alpha value is -1.06. The number of amides is 1. The van der Waals surface area contributed by atoms with E-state index in [-0.39, 0.29) is 12.5 Å². The minimum absolute atomic E-state index is 0.0351. The summed E-state index contributed by atoms with van der Waals surface area (Å²) in [5.41, 5.74) is 0.641. The maximum absolute atomic E-state index is 12.2. The number of carbonyl (C=O) groups is 1. The summed E-state index contributed by atoms with van der Waals surface area (Å²) < 4.78 is 0. The zero-order valence-electron chi connectivity index (χ0n) is 9.60. The van der Waals surface area contributed by atoms with E-state index in [1.165, 1.54) is 0 Å². The van der Waals surface area contributed by atoms with Gasteiger partial charge in [0.15, 0.2) is 0 Å². The van der Waals surface area contributed by atoms with Crippen molar-refractivity contribution in [2.75, 3.05) is 19.7 Å². The maximum Gasteiger partial charge on any atom is 0.253 e. The molecule has 0 aromatic heterocycles.